The van der Waals surface area contributed by atoms with Gasteiger partial charge >= 0.3 is 12.4 Å². The summed E-state index contributed by atoms with van der Waals surface area (Å²) in [5.74, 6) is -0.872. The maximum absolute atomic E-state index is 12.5. The highest BCUT2D eigenvalue weighted by molar-refractivity contribution is 7.90. The third-order valence-electron chi connectivity index (χ3n) is 3.84. The molecule has 10 heteroatoms. The van der Waals surface area contributed by atoms with Crippen LogP contribution in [0.25, 0.3) is 0 Å². The summed E-state index contributed by atoms with van der Waals surface area (Å²) in [6.45, 7) is 6.15. The molecule has 0 spiro atoms. The van der Waals surface area contributed by atoms with Gasteiger partial charge in [0, 0.05) is 17.6 Å². The standard InChI is InChI=1S/C19H21F3N2O4S/c1-18(2,3)12-5-7-13(8-6-12)23-17(25)24-14-9-10-15(28-19(20,21)22)16(11-14)29(4,26)27/h5-11H,1-4H3,(H2,23,24,25). The Morgan fingerprint density at radius 3 is 1.93 bits per heavy atom. The molecule has 0 heterocycles. The van der Waals surface area contributed by atoms with Gasteiger partial charge in [-0.15, -0.1) is 13.2 Å². The average molecular weight is 430 g/mol. The van der Waals surface area contributed by atoms with Gasteiger partial charge in [0.25, 0.3) is 0 Å². The van der Waals surface area contributed by atoms with Gasteiger partial charge in [-0.3, -0.25) is 0 Å². The largest absolute Gasteiger partial charge is 0.573 e. The molecule has 0 atom stereocenters. The fourth-order valence-corrected chi connectivity index (χ4v) is 3.25. The molecule has 0 fully saturated rings. The van der Waals surface area contributed by atoms with Gasteiger partial charge in [-0.2, -0.15) is 0 Å². The van der Waals surface area contributed by atoms with Crippen molar-refractivity contribution < 1.29 is 31.1 Å². The normalized spacial score (nSPS) is 12.4. The lowest BCUT2D eigenvalue weighted by molar-refractivity contribution is -0.275. The summed E-state index contributed by atoms with van der Waals surface area (Å²) in [4.78, 5) is 11.5. The first-order valence-corrected chi connectivity index (χ1v) is 10.3. The summed E-state index contributed by atoms with van der Waals surface area (Å²) < 4.78 is 64.8. The molecular weight excluding hydrogens is 409 g/mol. The number of nitrogens with one attached hydrogen (secondary N) is 2. The van der Waals surface area contributed by atoms with Crippen LogP contribution in [-0.2, 0) is 15.3 Å². The van der Waals surface area contributed by atoms with Crippen LogP contribution in [0.5, 0.6) is 5.75 Å². The molecule has 0 saturated carbocycles. The van der Waals surface area contributed by atoms with Crippen molar-refractivity contribution >= 4 is 27.2 Å². The molecule has 6 nitrogen and oxygen atoms in total. The summed E-state index contributed by atoms with van der Waals surface area (Å²) in [5.41, 5.74) is 1.50. The number of alkyl halides is 3. The molecule has 0 unspecified atom stereocenters. The Kier molecular flexibility index (Phi) is 6.17. The molecule has 0 radical (unpaired) electrons. The van der Waals surface area contributed by atoms with Crippen molar-refractivity contribution in [3.8, 4) is 5.75 Å². The van der Waals surface area contributed by atoms with Gasteiger partial charge < -0.3 is 15.4 Å². The summed E-state index contributed by atoms with van der Waals surface area (Å²) in [6.07, 6.45) is -4.31. The SMILES string of the molecule is CC(C)(C)c1ccc(NC(=O)Nc2ccc(OC(F)(F)F)c(S(C)(=O)=O)c2)cc1. The van der Waals surface area contributed by atoms with Gasteiger partial charge in [0.15, 0.2) is 9.84 Å². The molecule has 0 aliphatic heterocycles. The first kappa shape index (κ1) is 22.5. The van der Waals surface area contributed by atoms with Gasteiger partial charge in [0.05, 0.1) is 0 Å². The summed E-state index contributed by atoms with van der Waals surface area (Å²) in [6, 6.07) is 9.30. The number of sulfone groups is 1. The second-order valence-corrected chi connectivity index (χ2v) is 9.37. The lowest BCUT2D eigenvalue weighted by atomic mass is 9.87. The van der Waals surface area contributed by atoms with Crippen molar-refractivity contribution in [3.63, 3.8) is 0 Å². The van der Waals surface area contributed by atoms with Gasteiger partial charge in [-0.25, -0.2) is 13.2 Å². The Hall–Kier alpha value is -2.75. The molecule has 2 N–H and O–H groups in total. The first-order valence-electron chi connectivity index (χ1n) is 8.43. The zero-order valence-corrected chi connectivity index (χ0v) is 17.0. The molecule has 158 valence electrons. The molecule has 2 rings (SSSR count). The van der Waals surface area contributed by atoms with E-state index in [1.165, 1.54) is 0 Å². The van der Waals surface area contributed by atoms with E-state index in [9.17, 15) is 26.4 Å². The Morgan fingerprint density at radius 2 is 1.45 bits per heavy atom. The van der Waals surface area contributed by atoms with Crippen molar-refractivity contribution in [1.82, 2.24) is 0 Å². The van der Waals surface area contributed by atoms with Crippen LogP contribution in [-0.4, -0.2) is 27.1 Å². The maximum Gasteiger partial charge on any atom is 0.573 e. The van der Waals surface area contributed by atoms with Crippen molar-refractivity contribution in [2.75, 3.05) is 16.9 Å². The Labute approximate surface area is 167 Å². The van der Waals surface area contributed by atoms with Crippen LogP contribution in [0.3, 0.4) is 0 Å². The Balaban J connectivity index is 2.18. The van der Waals surface area contributed by atoms with Gasteiger partial charge in [-0.1, -0.05) is 32.9 Å². The number of anilines is 2. The Morgan fingerprint density at radius 1 is 0.931 bits per heavy atom. The number of amides is 2. The van der Waals surface area contributed by atoms with E-state index in [1.54, 1.807) is 12.1 Å². The van der Waals surface area contributed by atoms with E-state index in [-0.39, 0.29) is 11.1 Å². The van der Waals surface area contributed by atoms with E-state index in [0.717, 1.165) is 30.0 Å². The van der Waals surface area contributed by atoms with Crippen LogP contribution in [0.1, 0.15) is 26.3 Å². The lowest BCUT2D eigenvalue weighted by Crippen LogP contribution is -2.21. The molecular formula is C19H21F3N2O4S. The smallest absolute Gasteiger partial charge is 0.404 e. The minimum atomic E-state index is -5.05. The highest BCUT2D eigenvalue weighted by atomic mass is 32.2. The molecule has 0 aliphatic rings. The van der Waals surface area contributed by atoms with Crippen LogP contribution in [0, 0.1) is 0 Å². The third kappa shape index (κ3) is 6.67. The summed E-state index contributed by atoms with van der Waals surface area (Å²) >= 11 is 0. The number of rotatable bonds is 4. The minimum Gasteiger partial charge on any atom is -0.404 e. The van der Waals surface area contributed by atoms with Crippen LogP contribution < -0.4 is 15.4 Å². The maximum atomic E-state index is 12.5. The number of hydrogen-bond donors (Lipinski definition) is 2. The molecule has 29 heavy (non-hydrogen) atoms. The molecule has 0 saturated heterocycles. The van der Waals surface area contributed by atoms with Gasteiger partial charge in [-0.05, 0) is 41.3 Å². The highest BCUT2D eigenvalue weighted by Gasteiger charge is 2.33. The van der Waals surface area contributed by atoms with Crippen molar-refractivity contribution in [3.05, 3.63) is 48.0 Å². The highest BCUT2D eigenvalue weighted by Crippen LogP contribution is 2.32. The molecule has 0 aliphatic carbocycles. The van der Waals surface area contributed by atoms with E-state index in [2.05, 4.69) is 15.4 Å². The van der Waals surface area contributed by atoms with E-state index in [4.69, 9.17) is 0 Å². The average Bonchev–Trinajstić information content (AvgIpc) is 2.53. The molecule has 0 bridgehead atoms. The molecule has 2 aromatic rings. The van der Waals surface area contributed by atoms with Crippen molar-refractivity contribution in [1.29, 1.82) is 0 Å². The van der Waals surface area contributed by atoms with Crippen LogP contribution >= 0.6 is 0 Å². The zero-order valence-electron chi connectivity index (χ0n) is 16.2. The lowest BCUT2D eigenvalue weighted by Gasteiger charge is -2.19. The molecule has 2 aromatic carbocycles. The van der Waals surface area contributed by atoms with Crippen molar-refractivity contribution in [2.45, 2.75) is 37.4 Å². The fourth-order valence-electron chi connectivity index (χ4n) is 2.43. The predicted octanol–water partition coefficient (Wildman–Crippen LogP) is 4.93. The summed E-state index contributed by atoms with van der Waals surface area (Å²) in [7, 11) is -4.04. The number of hydrogen-bond acceptors (Lipinski definition) is 4. The number of carbonyl (C=O) groups is 1. The third-order valence-corrected chi connectivity index (χ3v) is 4.95. The number of ether oxygens (including phenoxy) is 1. The number of urea groups is 1. The number of benzene rings is 2. The second-order valence-electron chi connectivity index (χ2n) is 7.39. The van der Waals surface area contributed by atoms with Crippen LogP contribution in [0.2, 0.25) is 0 Å². The van der Waals surface area contributed by atoms with Gasteiger partial charge in [0.2, 0.25) is 0 Å². The van der Waals surface area contributed by atoms with Gasteiger partial charge in [0.1, 0.15) is 10.6 Å². The molecule has 2 amide bonds. The summed E-state index contributed by atoms with van der Waals surface area (Å²) in [5, 5.41) is 4.96. The first-order chi connectivity index (χ1) is 13.1. The van der Waals surface area contributed by atoms with E-state index in [1.807, 2.05) is 32.9 Å². The number of halogens is 3. The zero-order chi connectivity index (χ0) is 22.0. The number of carbonyl (C=O) groups excluding carboxylic acids is 1. The Bertz CT molecular complexity index is 996. The van der Waals surface area contributed by atoms with E-state index >= 15 is 0 Å². The monoisotopic (exact) mass is 430 g/mol. The van der Waals surface area contributed by atoms with Crippen LogP contribution in [0.4, 0.5) is 29.3 Å². The van der Waals surface area contributed by atoms with Crippen LogP contribution in [0.15, 0.2) is 47.4 Å². The van der Waals surface area contributed by atoms with Crippen molar-refractivity contribution in [2.24, 2.45) is 0 Å². The second kappa shape index (κ2) is 7.94. The predicted molar refractivity (Wildman–Crippen MR) is 104 cm³/mol. The fraction of sp³-hybridized carbons (Fsp3) is 0.316. The van der Waals surface area contributed by atoms with E-state index < -0.39 is 32.9 Å². The quantitative estimate of drug-likeness (QED) is 0.720. The minimum absolute atomic E-state index is 0.0104. The van der Waals surface area contributed by atoms with E-state index in [0.29, 0.717) is 5.69 Å². The topological polar surface area (TPSA) is 84.5 Å². The molecule has 0 aromatic heterocycles.